The van der Waals surface area contributed by atoms with Crippen molar-refractivity contribution in [2.75, 3.05) is 13.1 Å². The fourth-order valence-electron chi connectivity index (χ4n) is 3.17. The van der Waals surface area contributed by atoms with Gasteiger partial charge in [-0.1, -0.05) is 0 Å². The molecule has 5 heteroatoms. The van der Waals surface area contributed by atoms with Crippen LogP contribution in [0.5, 0.6) is 0 Å². The van der Waals surface area contributed by atoms with Crippen LogP contribution in [0.2, 0.25) is 0 Å². The van der Waals surface area contributed by atoms with Gasteiger partial charge in [0, 0.05) is 29.6 Å². The molecule has 1 aliphatic heterocycles. The van der Waals surface area contributed by atoms with Crippen LogP contribution in [0.25, 0.3) is 0 Å². The molecule has 0 fully saturated rings. The van der Waals surface area contributed by atoms with Crippen molar-refractivity contribution in [3.8, 4) is 0 Å². The first kappa shape index (κ1) is 14.6. The number of halogens is 2. The van der Waals surface area contributed by atoms with Gasteiger partial charge in [-0.05, 0) is 48.6 Å². The second kappa shape index (κ2) is 5.83. The third-order valence-electron chi connectivity index (χ3n) is 4.27. The maximum Gasteiger partial charge on any atom is 0.128 e. The van der Waals surface area contributed by atoms with Gasteiger partial charge in [0.05, 0.1) is 6.04 Å². The Hall–Kier alpha value is -1.30. The molecular formula is C16H18F2N2S. The van der Waals surface area contributed by atoms with Crippen molar-refractivity contribution >= 4 is 11.3 Å². The van der Waals surface area contributed by atoms with Gasteiger partial charge in [-0.15, -0.1) is 11.3 Å². The predicted molar refractivity (Wildman–Crippen MR) is 81.3 cm³/mol. The molecule has 0 saturated heterocycles. The maximum atomic E-state index is 14.1. The molecule has 1 aromatic carbocycles. The molecule has 1 aromatic heterocycles. The second-order valence-electron chi connectivity index (χ2n) is 5.38. The van der Waals surface area contributed by atoms with E-state index in [2.05, 4.69) is 23.3 Å². The SMILES string of the molecule is CC1c2ccsc2CCN1C(CN)c1cc(F)ccc1F. The number of rotatable bonds is 3. The molecule has 0 spiro atoms. The van der Waals surface area contributed by atoms with Gasteiger partial charge >= 0.3 is 0 Å². The third-order valence-corrected chi connectivity index (χ3v) is 5.26. The first-order chi connectivity index (χ1) is 10.1. The molecule has 0 amide bonds. The molecule has 2 heterocycles. The topological polar surface area (TPSA) is 29.3 Å². The molecule has 0 radical (unpaired) electrons. The highest BCUT2D eigenvalue weighted by Gasteiger charge is 2.31. The van der Waals surface area contributed by atoms with Crippen molar-refractivity contribution < 1.29 is 8.78 Å². The molecule has 21 heavy (non-hydrogen) atoms. The second-order valence-corrected chi connectivity index (χ2v) is 6.38. The lowest BCUT2D eigenvalue weighted by molar-refractivity contribution is 0.136. The van der Waals surface area contributed by atoms with Crippen molar-refractivity contribution in [1.82, 2.24) is 4.90 Å². The monoisotopic (exact) mass is 308 g/mol. The number of nitrogens with two attached hydrogens (primary N) is 1. The molecule has 2 N–H and O–H groups in total. The number of benzene rings is 1. The van der Waals surface area contributed by atoms with Crippen molar-refractivity contribution in [2.45, 2.75) is 25.4 Å². The Bertz CT molecular complexity index is 641. The van der Waals surface area contributed by atoms with E-state index in [0.29, 0.717) is 5.56 Å². The Labute approximate surface area is 127 Å². The summed E-state index contributed by atoms with van der Waals surface area (Å²) in [6.07, 6.45) is 0.935. The van der Waals surface area contributed by atoms with E-state index in [1.54, 1.807) is 11.3 Å². The van der Waals surface area contributed by atoms with Gasteiger partial charge in [-0.25, -0.2) is 8.78 Å². The van der Waals surface area contributed by atoms with Gasteiger partial charge in [0.25, 0.3) is 0 Å². The molecule has 0 aliphatic carbocycles. The molecule has 2 unspecified atom stereocenters. The molecule has 2 nitrogen and oxygen atoms in total. The third kappa shape index (κ3) is 2.61. The van der Waals surface area contributed by atoms with E-state index in [1.807, 2.05) is 0 Å². The number of thiophene rings is 1. The summed E-state index contributed by atoms with van der Waals surface area (Å²) in [6.45, 7) is 3.18. The summed E-state index contributed by atoms with van der Waals surface area (Å²) in [7, 11) is 0. The quantitative estimate of drug-likeness (QED) is 0.938. The van der Waals surface area contributed by atoms with Gasteiger partial charge < -0.3 is 5.73 Å². The lowest BCUT2D eigenvalue weighted by Crippen LogP contribution is -2.40. The molecular weight excluding hydrogens is 290 g/mol. The smallest absolute Gasteiger partial charge is 0.128 e. The number of hydrogen-bond donors (Lipinski definition) is 1. The van der Waals surface area contributed by atoms with Gasteiger partial charge in [0.15, 0.2) is 0 Å². The highest BCUT2D eigenvalue weighted by atomic mass is 32.1. The maximum absolute atomic E-state index is 14.1. The standard InChI is InChI=1S/C16H18F2N2S/c1-10-12-5-7-21-16(12)4-6-20(10)15(9-19)13-8-11(17)2-3-14(13)18/h2-3,5,7-8,10,15H,4,6,9,19H2,1H3. The molecule has 2 atom stereocenters. The van der Waals surface area contributed by atoms with Crippen LogP contribution in [0, 0.1) is 11.6 Å². The normalized spacial score (nSPS) is 20.3. The summed E-state index contributed by atoms with van der Waals surface area (Å²) in [5.41, 5.74) is 7.51. The van der Waals surface area contributed by atoms with E-state index in [-0.39, 0.29) is 18.6 Å². The molecule has 0 bridgehead atoms. The minimum Gasteiger partial charge on any atom is -0.329 e. The number of nitrogens with zero attached hydrogens (tertiary/aromatic N) is 1. The van der Waals surface area contributed by atoms with Crippen molar-refractivity contribution in [2.24, 2.45) is 5.73 Å². The van der Waals surface area contributed by atoms with Crippen LogP contribution in [0.3, 0.4) is 0 Å². The van der Waals surface area contributed by atoms with E-state index >= 15 is 0 Å². The molecule has 3 rings (SSSR count). The Morgan fingerprint density at radius 3 is 2.95 bits per heavy atom. The zero-order chi connectivity index (χ0) is 15.0. The number of hydrogen-bond acceptors (Lipinski definition) is 3. The summed E-state index contributed by atoms with van der Waals surface area (Å²) in [5.74, 6) is -0.819. The van der Waals surface area contributed by atoms with Gasteiger partial charge in [0.1, 0.15) is 11.6 Å². The molecule has 112 valence electrons. The average molecular weight is 308 g/mol. The summed E-state index contributed by atoms with van der Waals surface area (Å²) < 4.78 is 27.6. The van der Waals surface area contributed by atoms with Crippen molar-refractivity contribution in [3.63, 3.8) is 0 Å². The lowest BCUT2D eigenvalue weighted by atomic mass is 9.95. The lowest BCUT2D eigenvalue weighted by Gasteiger charge is -2.39. The van der Waals surface area contributed by atoms with Crippen LogP contribution < -0.4 is 5.73 Å². The van der Waals surface area contributed by atoms with Gasteiger partial charge in [0.2, 0.25) is 0 Å². The van der Waals surface area contributed by atoms with Gasteiger partial charge in [-0.2, -0.15) is 0 Å². The Morgan fingerprint density at radius 1 is 1.38 bits per heavy atom. The van der Waals surface area contributed by atoms with Crippen LogP contribution in [0.4, 0.5) is 8.78 Å². The molecule has 2 aromatic rings. The van der Waals surface area contributed by atoms with Crippen LogP contribution >= 0.6 is 11.3 Å². The van der Waals surface area contributed by atoms with Crippen molar-refractivity contribution in [3.05, 3.63) is 57.3 Å². The Balaban J connectivity index is 1.96. The summed E-state index contributed by atoms with van der Waals surface area (Å²) in [5, 5.41) is 2.09. The van der Waals surface area contributed by atoms with E-state index in [0.717, 1.165) is 19.0 Å². The number of fused-ring (bicyclic) bond motifs is 1. The highest BCUT2D eigenvalue weighted by Crippen LogP contribution is 2.38. The van der Waals surface area contributed by atoms with E-state index < -0.39 is 11.6 Å². The fourth-order valence-corrected chi connectivity index (χ4v) is 4.13. The van der Waals surface area contributed by atoms with E-state index in [4.69, 9.17) is 5.73 Å². The van der Waals surface area contributed by atoms with E-state index in [1.165, 1.54) is 22.6 Å². The zero-order valence-electron chi connectivity index (χ0n) is 11.9. The first-order valence-corrected chi connectivity index (χ1v) is 7.96. The largest absolute Gasteiger partial charge is 0.329 e. The summed E-state index contributed by atoms with van der Waals surface area (Å²) in [4.78, 5) is 3.56. The minimum atomic E-state index is -0.425. The van der Waals surface area contributed by atoms with Crippen LogP contribution in [-0.2, 0) is 6.42 Å². The fraction of sp³-hybridized carbons (Fsp3) is 0.375. The Morgan fingerprint density at radius 2 is 2.19 bits per heavy atom. The van der Waals surface area contributed by atoms with Crippen LogP contribution in [0.15, 0.2) is 29.6 Å². The van der Waals surface area contributed by atoms with Crippen LogP contribution in [-0.4, -0.2) is 18.0 Å². The minimum absolute atomic E-state index is 0.163. The molecule has 1 aliphatic rings. The molecule has 0 saturated carbocycles. The Kier molecular flexibility index (Phi) is 4.06. The van der Waals surface area contributed by atoms with Gasteiger partial charge in [-0.3, -0.25) is 4.90 Å². The first-order valence-electron chi connectivity index (χ1n) is 7.09. The van der Waals surface area contributed by atoms with Crippen molar-refractivity contribution in [1.29, 1.82) is 0 Å². The highest BCUT2D eigenvalue weighted by molar-refractivity contribution is 7.10. The summed E-state index contributed by atoms with van der Waals surface area (Å²) >= 11 is 1.76. The predicted octanol–water partition coefficient (Wildman–Crippen LogP) is 3.65. The summed E-state index contributed by atoms with van der Waals surface area (Å²) in [6, 6.07) is 5.57. The zero-order valence-corrected chi connectivity index (χ0v) is 12.7. The average Bonchev–Trinajstić information content (AvgIpc) is 2.95. The van der Waals surface area contributed by atoms with E-state index in [9.17, 15) is 8.78 Å². The van der Waals surface area contributed by atoms with Crippen LogP contribution in [0.1, 0.15) is 35.0 Å².